The molecule has 0 unspecified atom stereocenters. The number of carboxylic acid groups (broad SMARTS) is 1. The summed E-state index contributed by atoms with van der Waals surface area (Å²) >= 11 is 0. The van der Waals surface area contributed by atoms with Crippen LogP contribution in [0.5, 0.6) is 0 Å². The van der Waals surface area contributed by atoms with Gasteiger partial charge in [0.2, 0.25) is 5.91 Å². The first-order chi connectivity index (χ1) is 8.18. The predicted octanol–water partition coefficient (Wildman–Crippen LogP) is 1.23. The van der Waals surface area contributed by atoms with Crippen molar-refractivity contribution < 1.29 is 14.7 Å². The average molecular weight is 234 g/mol. The maximum atomic E-state index is 11.9. The van der Waals surface area contributed by atoms with Gasteiger partial charge in [0, 0.05) is 25.2 Å². The molecule has 0 saturated carbocycles. The van der Waals surface area contributed by atoms with Crippen molar-refractivity contribution in [3.05, 3.63) is 29.8 Å². The summed E-state index contributed by atoms with van der Waals surface area (Å²) in [4.78, 5) is 23.9. The highest BCUT2D eigenvalue weighted by atomic mass is 16.4. The second-order valence-corrected chi connectivity index (χ2v) is 3.91. The first-order valence-corrected chi connectivity index (χ1v) is 5.53. The van der Waals surface area contributed by atoms with Crippen LogP contribution in [-0.4, -0.2) is 30.2 Å². The Hall–Kier alpha value is -2.04. The van der Waals surface area contributed by atoms with Crippen LogP contribution in [0.2, 0.25) is 0 Å². The van der Waals surface area contributed by atoms with Gasteiger partial charge < -0.3 is 15.3 Å². The number of para-hydroxylation sites is 1. The van der Waals surface area contributed by atoms with E-state index in [1.54, 1.807) is 4.90 Å². The lowest BCUT2D eigenvalue weighted by Gasteiger charge is -2.17. The smallest absolute Gasteiger partial charge is 0.404 e. The number of rotatable bonds is 3. The van der Waals surface area contributed by atoms with Crippen LogP contribution >= 0.6 is 0 Å². The SMILES string of the molecule is O=C(O)NCCC(=O)N1CCc2ccccc21. The van der Waals surface area contributed by atoms with Crippen LogP contribution in [0, 0.1) is 0 Å². The van der Waals surface area contributed by atoms with Gasteiger partial charge in [0.05, 0.1) is 0 Å². The largest absolute Gasteiger partial charge is 0.465 e. The standard InChI is InChI=1S/C12H14N2O3/c15-11(5-7-13-12(16)17)14-8-6-9-3-1-2-4-10(9)14/h1-4,13H,5-8H2,(H,16,17). The molecule has 0 spiro atoms. The van der Waals surface area contributed by atoms with Gasteiger partial charge in [-0.25, -0.2) is 4.79 Å². The molecule has 0 saturated heterocycles. The Morgan fingerprint density at radius 1 is 1.35 bits per heavy atom. The maximum Gasteiger partial charge on any atom is 0.404 e. The predicted molar refractivity (Wildman–Crippen MR) is 63.1 cm³/mol. The molecule has 5 heteroatoms. The molecule has 1 aliphatic rings. The van der Waals surface area contributed by atoms with E-state index in [1.807, 2.05) is 24.3 Å². The second-order valence-electron chi connectivity index (χ2n) is 3.91. The summed E-state index contributed by atoms with van der Waals surface area (Å²) in [5, 5.41) is 10.6. The molecule has 90 valence electrons. The number of nitrogens with one attached hydrogen (secondary N) is 1. The quantitative estimate of drug-likeness (QED) is 0.826. The van der Waals surface area contributed by atoms with Crippen LogP contribution in [0.4, 0.5) is 10.5 Å². The average Bonchev–Trinajstić information content (AvgIpc) is 2.72. The summed E-state index contributed by atoms with van der Waals surface area (Å²) in [6, 6.07) is 7.79. The Kier molecular flexibility index (Phi) is 3.27. The molecule has 0 aliphatic carbocycles. The topological polar surface area (TPSA) is 69.6 Å². The Balaban J connectivity index is 1.96. The van der Waals surface area contributed by atoms with Crippen molar-refractivity contribution in [2.45, 2.75) is 12.8 Å². The molecule has 2 N–H and O–H groups in total. The van der Waals surface area contributed by atoms with E-state index in [0.717, 1.165) is 12.1 Å². The number of benzene rings is 1. The van der Waals surface area contributed by atoms with Gasteiger partial charge in [-0.3, -0.25) is 4.79 Å². The van der Waals surface area contributed by atoms with Crippen molar-refractivity contribution in [3.63, 3.8) is 0 Å². The number of nitrogens with zero attached hydrogens (tertiary/aromatic N) is 1. The normalized spacial score (nSPS) is 13.3. The molecule has 2 rings (SSSR count). The first kappa shape index (κ1) is 11.4. The van der Waals surface area contributed by atoms with E-state index in [1.165, 1.54) is 5.56 Å². The highest BCUT2D eigenvalue weighted by Gasteiger charge is 2.23. The van der Waals surface area contributed by atoms with Crippen LogP contribution in [0.3, 0.4) is 0 Å². The summed E-state index contributed by atoms with van der Waals surface area (Å²) < 4.78 is 0. The van der Waals surface area contributed by atoms with Gasteiger partial charge in [-0.05, 0) is 18.1 Å². The molecule has 1 aliphatic heterocycles. The van der Waals surface area contributed by atoms with Gasteiger partial charge in [-0.1, -0.05) is 18.2 Å². The minimum Gasteiger partial charge on any atom is -0.465 e. The molecule has 0 atom stereocenters. The van der Waals surface area contributed by atoms with Crippen molar-refractivity contribution in [1.29, 1.82) is 0 Å². The highest BCUT2D eigenvalue weighted by molar-refractivity contribution is 5.95. The Bertz CT molecular complexity index is 445. The van der Waals surface area contributed by atoms with E-state index in [-0.39, 0.29) is 18.9 Å². The molecule has 1 aromatic carbocycles. The Morgan fingerprint density at radius 2 is 2.12 bits per heavy atom. The molecule has 0 aromatic heterocycles. The van der Waals surface area contributed by atoms with Gasteiger partial charge in [-0.15, -0.1) is 0 Å². The number of amides is 2. The molecule has 0 fully saturated rings. The number of hydrogen-bond donors (Lipinski definition) is 2. The summed E-state index contributed by atoms with van der Waals surface area (Å²) in [6.45, 7) is 0.845. The number of hydrogen-bond acceptors (Lipinski definition) is 2. The fourth-order valence-corrected chi connectivity index (χ4v) is 2.01. The monoisotopic (exact) mass is 234 g/mol. The Morgan fingerprint density at radius 3 is 2.88 bits per heavy atom. The zero-order valence-electron chi connectivity index (χ0n) is 9.35. The minimum absolute atomic E-state index is 0.0382. The molecule has 0 radical (unpaired) electrons. The molecular weight excluding hydrogens is 220 g/mol. The van der Waals surface area contributed by atoms with Crippen LogP contribution in [0.1, 0.15) is 12.0 Å². The van der Waals surface area contributed by atoms with Gasteiger partial charge in [0.1, 0.15) is 0 Å². The summed E-state index contributed by atoms with van der Waals surface area (Å²) in [6.07, 6.45) is -0.0332. The maximum absolute atomic E-state index is 11.9. The fourth-order valence-electron chi connectivity index (χ4n) is 2.01. The third-order valence-corrected chi connectivity index (χ3v) is 2.80. The molecule has 1 heterocycles. The second kappa shape index (κ2) is 4.86. The molecule has 2 amide bonds. The van der Waals surface area contributed by atoms with Crippen molar-refractivity contribution in [3.8, 4) is 0 Å². The van der Waals surface area contributed by atoms with Crippen LogP contribution in [-0.2, 0) is 11.2 Å². The van der Waals surface area contributed by atoms with E-state index in [2.05, 4.69) is 5.32 Å². The number of anilines is 1. The van der Waals surface area contributed by atoms with Gasteiger partial charge in [0.25, 0.3) is 0 Å². The van der Waals surface area contributed by atoms with E-state index in [4.69, 9.17) is 5.11 Å². The van der Waals surface area contributed by atoms with E-state index in [9.17, 15) is 9.59 Å². The van der Waals surface area contributed by atoms with E-state index >= 15 is 0 Å². The fraction of sp³-hybridized carbons (Fsp3) is 0.333. The minimum atomic E-state index is -1.10. The van der Waals surface area contributed by atoms with Crippen molar-refractivity contribution >= 4 is 17.7 Å². The zero-order chi connectivity index (χ0) is 12.3. The summed E-state index contributed by atoms with van der Waals surface area (Å²) in [5.74, 6) is -0.0382. The van der Waals surface area contributed by atoms with Gasteiger partial charge >= 0.3 is 6.09 Å². The molecule has 0 bridgehead atoms. The van der Waals surface area contributed by atoms with Crippen LogP contribution in [0.25, 0.3) is 0 Å². The molecule has 5 nitrogen and oxygen atoms in total. The lowest BCUT2D eigenvalue weighted by atomic mass is 10.2. The number of carbonyl (C=O) groups is 2. The molecular formula is C12H14N2O3. The molecule has 1 aromatic rings. The zero-order valence-corrected chi connectivity index (χ0v) is 9.35. The van der Waals surface area contributed by atoms with Crippen molar-refractivity contribution in [1.82, 2.24) is 5.32 Å². The first-order valence-electron chi connectivity index (χ1n) is 5.53. The lowest BCUT2D eigenvalue weighted by molar-refractivity contribution is -0.118. The van der Waals surface area contributed by atoms with Crippen molar-refractivity contribution in [2.75, 3.05) is 18.0 Å². The Labute approximate surface area is 99.0 Å². The van der Waals surface area contributed by atoms with E-state index < -0.39 is 6.09 Å². The van der Waals surface area contributed by atoms with Crippen molar-refractivity contribution in [2.24, 2.45) is 0 Å². The third kappa shape index (κ3) is 2.55. The molecule has 17 heavy (non-hydrogen) atoms. The third-order valence-electron chi connectivity index (χ3n) is 2.80. The van der Waals surface area contributed by atoms with Crippen LogP contribution < -0.4 is 10.2 Å². The number of carbonyl (C=O) groups excluding carboxylic acids is 1. The number of fused-ring (bicyclic) bond motifs is 1. The lowest BCUT2D eigenvalue weighted by Crippen LogP contribution is -2.32. The van der Waals surface area contributed by atoms with E-state index in [0.29, 0.717) is 6.54 Å². The summed E-state index contributed by atoms with van der Waals surface area (Å²) in [5.41, 5.74) is 2.12. The van der Waals surface area contributed by atoms with Gasteiger partial charge in [0.15, 0.2) is 0 Å². The summed E-state index contributed by atoms with van der Waals surface area (Å²) in [7, 11) is 0. The van der Waals surface area contributed by atoms with Crippen LogP contribution in [0.15, 0.2) is 24.3 Å². The van der Waals surface area contributed by atoms with Gasteiger partial charge in [-0.2, -0.15) is 0 Å². The highest BCUT2D eigenvalue weighted by Crippen LogP contribution is 2.27.